The Labute approximate surface area is 131 Å². The molecular formula is C13H17Br2NO2S. The van der Waals surface area contributed by atoms with Crippen LogP contribution in [-0.2, 0) is 10.0 Å². The van der Waals surface area contributed by atoms with Gasteiger partial charge in [0.05, 0.1) is 4.90 Å². The fourth-order valence-corrected chi connectivity index (χ4v) is 5.53. The second-order valence-electron chi connectivity index (χ2n) is 5.27. The third-order valence-electron chi connectivity index (χ3n) is 2.98. The van der Waals surface area contributed by atoms with Crippen LogP contribution in [0.3, 0.4) is 0 Å². The van der Waals surface area contributed by atoms with Crippen LogP contribution in [0.4, 0.5) is 0 Å². The van der Waals surface area contributed by atoms with E-state index in [-0.39, 0.29) is 6.04 Å². The van der Waals surface area contributed by atoms with Gasteiger partial charge in [0.1, 0.15) is 0 Å². The van der Waals surface area contributed by atoms with E-state index >= 15 is 0 Å². The zero-order valence-electron chi connectivity index (χ0n) is 10.9. The smallest absolute Gasteiger partial charge is 0.207 e. The van der Waals surface area contributed by atoms with E-state index in [1.807, 2.05) is 13.8 Å². The van der Waals surface area contributed by atoms with E-state index in [0.717, 1.165) is 17.3 Å². The van der Waals surface area contributed by atoms with Crippen molar-refractivity contribution in [1.82, 2.24) is 4.31 Å². The van der Waals surface area contributed by atoms with Gasteiger partial charge >= 0.3 is 0 Å². The van der Waals surface area contributed by atoms with Crippen LogP contribution in [0.25, 0.3) is 0 Å². The molecule has 1 fully saturated rings. The summed E-state index contributed by atoms with van der Waals surface area (Å²) in [6, 6.07) is 5.37. The minimum atomic E-state index is -3.41. The summed E-state index contributed by atoms with van der Waals surface area (Å²) in [7, 11) is -3.41. The molecule has 0 heterocycles. The van der Waals surface area contributed by atoms with Gasteiger partial charge in [0.2, 0.25) is 10.0 Å². The van der Waals surface area contributed by atoms with Crippen LogP contribution in [0, 0.1) is 5.92 Å². The Morgan fingerprint density at radius 2 is 1.95 bits per heavy atom. The molecule has 0 aromatic heterocycles. The maximum absolute atomic E-state index is 12.8. The number of halogens is 2. The van der Waals surface area contributed by atoms with Gasteiger partial charge in [0.25, 0.3) is 0 Å². The van der Waals surface area contributed by atoms with E-state index in [2.05, 4.69) is 31.9 Å². The molecule has 1 saturated carbocycles. The lowest BCUT2D eigenvalue weighted by Gasteiger charge is -2.24. The summed E-state index contributed by atoms with van der Waals surface area (Å²) < 4.78 is 28.7. The summed E-state index contributed by atoms with van der Waals surface area (Å²) in [5.41, 5.74) is 0. The predicted molar refractivity (Wildman–Crippen MR) is 83.6 cm³/mol. The summed E-state index contributed by atoms with van der Waals surface area (Å²) in [6.45, 7) is 4.67. The Kier molecular flexibility index (Phi) is 4.75. The molecule has 0 saturated heterocycles. The molecule has 1 aromatic rings. The molecule has 0 atom stereocenters. The summed E-state index contributed by atoms with van der Waals surface area (Å²) in [6.07, 6.45) is 1.94. The molecule has 0 bridgehead atoms. The highest BCUT2D eigenvalue weighted by atomic mass is 79.9. The first-order valence-electron chi connectivity index (χ1n) is 6.29. The number of rotatable bonds is 5. The Bertz CT molecular complexity index is 568. The molecule has 19 heavy (non-hydrogen) atoms. The minimum absolute atomic E-state index is 0.183. The Balaban J connectivity index is 2.38. The van der Waals surface area contributed by atoms with Crippen LogP contribution < -0.4 is 0 Å². The number of nitrogens with zero attached hydrogens (tertiary/aromatic N) is 1. The molecule has 0 spiro atoms. The lowest BCUT2D eigenvalue weighted by molar-refractivity contribution is 0.360. The standard InChI is InChI=1S/C13H17Br2NO2S/c1-9(2)8-16(11-4-5-11)19(17,18)13-6-3-10(14)7-12(13)15/h3,6-7,9,11H,4-5,8H2,1-2H3. The van der Waals surface area contributed by atoms with Gasteiger partial charge in [-0.2, -0.15) is 4.31 Å². The van der Waals surface area contributed by atoms with E-state index in [9.17, 15) is 8.42 Å². The largest absolute Gasteiger partial charge is 0.244 e. The second kappa shape index (κ2) is 5.84. The molecule has 1 aliphatic rings. The van der Waals surface area contributed by atoms with Crippen molar-refractivity contribution in [2.24, 2.45) is 5.92 Å². The van der Waals surface area contributed by atoms with Crippen LogP contribution in [0.15, 0.2) is 32.0 Å². The van der Waals surface area contributed by atoms with Crippen molar-refractivity contribution >= 4 is 41.9 Å². The van der Waals surface area contributed by atoms with Gasteiger partial charge in [0, 0.05) is 21.5 Å². The SMILES string of the molecule is CC(C)CN(C1CC1)S(=O)(=O)c1ccc(Br)cc1Br. The third kappa shape index (κ3) is 3.60. The van der Waals surface area contributed by atoms with E-state index in [0.29, 0.717) is 21.8 Å². The molecular weight excluding hydrogens is 394 g/mol. The van der Waals surface area contributed by atoms with Crippen molar-refractivity contribution in [2.45, 2.75) is 37.6 Å². The molecule has 1 aromatic carbocycles. The maximum atomic E-state index is 12.8. The van der Waals surface area contributed by atoms with Gasteiger partial charge < -0.3 is 0 Å². The number of hydrogen-bond donors (Lipinski definition) is 0. The van der Waals surface area contributed by atoms with Gasteiger partial charge in [-0.15, -0.1) is 0 Å². The lowest BCUT2D eigenvalue weighted by atomic mass is 10.2. The molecule has 0 amide bonds. The first kappa shape index (κ1) is 15.5. The van der Waals surface area contributed by atoms with Gasteiger partial charge in [-0.25, -0.2) is 8.42 Å². The molecule has 0 aliphatic heterocycles. The van der Waals surface area contributed by atoms with Gasteiger partial charge in [-0.05, 0) is 52.9 Å². The van der Waals surface area contributed by atoms with Gasteiger partial charge in [-0.3, -0.25) is 0 Å². The summed E-state index contributed by atoms with van der Waals surface area (Å²) in [5, 5.41) is 0. The topological polar surface area (TPSA) is 37.4 Å². The van der Waals surface area contributed by atoms with Crippen molar-refractivity contribution in [2.75, 3.05) is 6.54 Å². The molecule has 0 radical (unpaired) electrons. The van der Waals surface area contributed by atoms with Gasteiger partial charge in [-0.1, -0.05) is 29.8 Å². The predicted octanol–water partition coefficient (Wildman–Crippen LogP) is 4.02. The van der Waals surface area contributed by atoms with Crippen LogP contribution in [0.2, 0.25) is 0 Å². The average Bonchev–Trinajstić information content (AvgIpc) is 3.08. The quantitative estimate of drug-likeness (QED) is 0.734. The molecule has 0 unspecified atom stereocenters. The van der Waals surface area contributed by atoms with E-state index in [1.54, 1.807) is 22.5 Å². The number of hydrogen-bond acceptors (Lipinski definition) is 2. The highest BCUT2D eigenvalue weighted by Gasteiger charge is 2.38. The van der Waals surface area contributed by atoms with Crippen LogP contribution >= 0.6 is 31.9 Å². The molecule has 106 valence electrons. The van der Waals surface area contributed by atoms with Crippen molar-refractivity contribution in [3.63, 3.8) is 0 Å². The normalized spacial score (nSPS) is 16.3. The van der Waals surface area contributed by atoms with Crippen molar-refractivity contribution in [3.05, 3.63) is 27.1 Å². The van der Waals surface area contributed by atoms with Crippen molar-refractivity contribution in [3.8, 4) is 0 Å². The van der Waals surface area contributed by atoms with E-state index in [1.165, 1.54) is 0 Å². The van der Waals surface area contributed by atoms with E-state index < -0.39 is 10.0 Å². The van der Waals surface area contributed by atoms with Crippen LogP contribution in [-0.4, -0.2) is 25.3 Å². The highest BCUT2D eigenvalue weighted by molar-refractivity contribution is 9.11. The monoisotopic (exact) mass is 409 g/mol. The summed E-state index contributed by atoms with van der Waals surface area (Å²) in [4.78, 5) is 0.350. The van der Waals surface area contributed by atoms with Crippen LogP contribution in [0.1, 0.15) is 26.7 Å². The zero-order chi connectivity index (χ0) is 14.2. The highest BCUT2D eigenvalue weighted by Crippen LogP contribution is 2.35. The molecule has 2 rings (SSSR count). The first-order chi connectivity index (χ1) is 8.82. The van der Waals surface area contributed by atoms with Gasteiger partial charge in [0.15, 0.2) is 0 Å². The molecule has 1 aliphatic carbocycles. The zero-order valence-corrected chi connectivity index (χ0v) is 14.9. The Morgan fingerprint density at radius 1 is 1.32 bits per heavy atom. The first-order valence-corrected chi connectivity index (χ1v) is 9.32. The van der Waals surface area contributed by atoms with E-state index in [4.69, 9.17) is 0 Å². The summed E-state index contributed by atoms with van der Waals surface area (Å²) in [5.74, 6) is 0.324. The Morgan fingerprint density at radius 3 is 2.42 bits per heavy atom. The second-order valence-corrected chi connectivity index (χ2v) is 8.90. The fraction of sp³-hybridized carbons (Fsp3) is 0.538. The maximum Gasteiger partial charge on any atom is 0.244 e. The Hall–Kier alpha value is 0.0900. The number of benzene rings is 1. The average molecular weight is 411 g/mol. The number of sulfonamides is 1. The van der Waals surface area contributed by atoms with Crippen molar-refractivity contribution in [1.29, 1.82) is 0 Å². The summed E-state index contributed by atoms with van der Waals surface area (Å²) >= 11 is 6.69. The minimum Gasteiger partial charge on any atom is -0.207 e. The van der Waals surface area contributed by atoms with Crippen LogP contribution in [0.5, 0.6) is 0 Å². The third-order valence-corrected chi connectivity index (χ3v) is 6.37. The molecule has 3 nitrogen and oxygen atoms in total. The molecule has 0 N–H and O–H groups in total. The van der Waals surface area contributed by atoms with Crippen molar-refractivity contribution < 1.29 is 8.42 Å². The lowest BCUT2D eigenvalue weighted by Crippen LogP contribution is -2.36. The fourth-order valence-electron chi connectivity index (χ4n) is 1.98. The molecule has 6 heteroatoms.